The minimum absolute atomic E-state index is 0.562. The molecule has 0 aliphatic rings. The van der Waals surface area contributed by atoms with Gasteiger partial charge < -0.3 is 5.32 Å². The van der Waals surface area contributed by atoms with E-state index in [9.17, 15) is 0 Å². The van der Waals surface area contributed by atoms with Gasteiger partial charge in [-0.1, -0.05) is 24.1 Å². The Morgan fingerprint density at radius 1 is 1.12 bits per heavy atom. The molecule has 0 aliphatic carbocycles. The Bertz CT molecular complexity index is 524. The first kappa shape index (κ1) is 10.2. The highest BCUT2D eigenvalue weighted by Gasteiger charge is 1.97. The first-order chi connectivity index (χ1) is 7.88. The molecule has 2 aromatic rings. The minimum Gasteiger partial charge on any atom is -0.324 e. The highest BCUT2D eigenvalue weighted by molar-refractivity contribution is 5.53. The average molecular weight is 209 g/mol. The predicted octanol–water partition coefficient (Wildman–Crippen LogP) is 2.59. The Kier molecular flexibility index (Phi) is 3.15. The number of hydrogen-bond acceptors (Lipinski definition) is 3. The summed E-state index contributed by atoms with van der Waals surface area (Å²) in [6.45, 7) is 1.78. The van der Waals surface area contributed by atoms with E-state index >= 15 is 0 Å². The van der Waals surface area contributed by atoms with Gasteiger partial charge in [-0.3, -0.25) is 0 Å². The Balaban J connectivity index is 2.21. The van der Waals surface area contributed by atoms with E-state index in [1.165, 1.54) is 0 Å². The van der Waals surface area contributed by atoms with Gasteiger partial charge in [0.15, 0.2) is 0 Å². The summed E-state index contributed by atoms with van der Waals surface area (Å²) in [6, 6.07) is 11.6. The van der Waals surface area contributed by atoms with Crippen molar-refractivity contribution in [3.05, 3.63) is 48.3 Å². The molecule has 16 heavy (non-hydrogen) atoms. The molecule has 1 heterocycles. The molecule has 3 nitrogen and oxygen atoms in total. The molecule has 1 N–H and O–H groups in total. The molecule has 0 bridgehead atoms. The zero-order valence-corrected chi connectivity index (χ0v) is 8.94. The third-order valence-electron chi connectivity index (χ3n) is 1.94. The molecular weight excluding hydrogens is 198 g/mol. The molecule has 0 radical (unpaired) electrons. The van der Waals surface area contributed by atoms with E-state index in [0.717, 1.165) is 11.4 Å². The monoisotopic (exact) mass is 209 g/mol. The molecule has 0 amide bonds. The minimum atomic E-state index is 0.562. The lowest BCUT2D eigenvalue weighted by Gasteiger charge is -2.03. The zero-order chi connectivity index (χ0) is 11.2. The maximum absolute atomic E-state index is 4.26. The maximum atomic E-state index is 4.26. The van der Waals surface area contributed by atoms with Gasteiger partial charge in [0.25, 0.3) is 0 Å². The smallest absolute Gasteiger partial charge is 0.228 e. The Hall–Kier alpha value is -2.34. The summed E-state index contributed by atoms with van der Waals surface area (Å²) >= 11 is 0. The SMILES string of the molecule is CC#Cc1ccnc(Nc2ccccc2)n1. The average Bonchev–Trinajstić information content (AvgIpc) is 2.31. The lowest BCUT2D eigenvalue weighted by molar-refractivity contribution is 1.15. The maximum Gasteiger partial charge on any atom is 0.228 e. The second-order valence-electron chi connectivity index (χ2n) is 3.13. The highest BCUT2D eigenvalue weighted by Crippen LogP contribution is 2.11. The van der Waals surface area contributed by atoms with Crippen LogP contribution < -0.4 is 5.32 Å². The van der Waals surface area contributed by atoms with Gasteiger partial charge >= 0.3 is 0 Å². The van der Waals surface area contributed by atoms with Gasteiger partial charge in [-0.2, -0.15) is 0 Å². The van der Waals surface area contributed by atoms with Gasteiger partial charge in [0.1, 0.15) is 5.69 Å². The number of para-hydroxylation sites is 1. The molecule has 1 aromatic heterocycles. The van der Waals surface area contributed by atoms with Crippen molar-refractivity contribution in [2.24, 2.45) is 0 Å². The summed E-state index contributed by atoms with van der Waals surface area (Å²) in [5.74, 6) is 6.26. The second kappa shape index (κ2) is 4.94. The number of aromatic nitrogens is 2. The summed E-state index contributed by atoms with van der Waals surface area (Å²) in [5.41, 5.74) is 1.68. The zero-order valence-electron chi connectivity index (χ0n) is 8.94. The van der Waals surface area contributed by atoms with Crippen LogP contribution in [0.5, 0.6) is 0 Å². The molecular formula is C13H11N3. The fourth-order valence-corrected chi connectivity index (χ4v) is 1.27. The van der Waals surface area contributed by atoms with Crippen LogP contribution in [0.3, 0.4) is 0 Å². The van der Waals surface area contributed by atoms with E-state index in [4.69, 9.17) is 0 Å². The number of rotatable bonds is 2. The topological polar surface area (TPSA) is 37.8 Å². The molecule has 0 atom stereocenters. The van der Waals surface area contributed by atoms with Gasteiger partial charge in [-0.15, -0.1) is 0 Å². The van der Waals surface area contributed by atoms with Crippen molar-refractivity contribution in [2.45, 2.75) is 6.92 Å². The van der Waals surface area contributed by atoms with E-state index < -0.39 is 0 Å². The normalized spacial score (nSPS) is 9.06. The fraction of sp³-hybridized carbons (Fsp3) is 0.0769. The molecule has 0 fully saturated rings. The van der Waals surface area contributed by atoms with E-state index in [0.29, 0.717) is 5.95 Å². The molecule has 0 aliphatic heterocycles. The molecule has 78 valence electrons. The van der Waals surface area contributed by atoms with Gasteiger partial charge in [-0.25, -0.2) is 9.97 Å². The molecule has 0 unspecified atom stereocenters. The number of anilines is 2. The van der Waals surface area contributed by atoms with Crippen LogP contribution in [0.1, 0.15) is 12.6 Å². The third kappa shape index (κ3) is 2.58. The van der Waals surface area contributed by atoms with Crippen molar-refractivity contribution in [1.29, 1.82) is 0 Å². The lowest BCUT2D eigenvalue weighted by atomic mass is 10.3. The number of nitrogens with one attached hydrogen (secondary N) is 1. The standard InChI is InChI=1S/C13H11N3/c1-2-6-11-9-10-14-13(15-11)16-12-7-4-3-5-8-12/h3-5,7-10H,1H3,(H,14,15,16). The molecule has 2 rings (SSSR count). The lowest BCUT2D eigenvalue weighted by Crippen LogP contribution is -1.97. The van der Waals surface area contributed by atoms with Crippen molar-refractivity contribution in [1.82, 2.24) is 9.97 Å². The molecule has 0 saturated heterocycles. The second-order valence-corrected chi connectivity index (χ2v) is 3.13. The van der Waals surface area contributed by atoms with Gasteiger partial charge in [0, 0.05) is 11.9 Å². The molecule has 3 heteroatoms. The van der Waals surface area contributed by atoms with Crippen LogP contribution in [0, 0.1) is 11.8 Å². The van der Waals surface area contributed by atoms with E-state index in [1.54, 1.807) is 19.2 Å². The van der Waals surface area contributed by atoms with Crippen LogP contribution >= 0.6 is 0 Å². The number of hydrogen-bond donors (Lipinski definition) is 1. The Morgan fingerprint density at radius 2 is 1.94 bits per heavy atom. The van der Waals surface area contributed by atoms with Crippen LogP contribution in [0.25, 0.3) is 0 Å². The van der Waals surface area contributed by atoms with Crippen molar-refractivity contribution >= 4 is 11.6 Å². The van der Waals surface area contributed by atoms with Gasteiger partial charge in [-0.05, 0) is 31.0 Å². The highest BCUT2D eigenvalue weighted by atomic mass is 15.1. The molecule has 0 spiro atoms. The summed E-state index contributed by atoms with van der Waals surface area (Å²) in [6.07, 6.45) is 1.69. The Labute approximate surface area is 94.6 Å². The van der Waals surface area contributed by atoms with E-state index in [1.807, 2.05) is 30.3 Å². The largest absolute Gasteiger partial charge is 0.324 e. The van der Waals surface area contributed by atoms with E-state index in [-0.39, 0.29) is 0 Å². The first-order valence-corrected chi connectivity index (χ1v) is 4.96. The molecule has 1 aromatic carbocycles. The summed E-state index contributed by atoms with van der Waals surface area (Å²) in [7, 11) is 0. The van der Waals surface area contributed by atoms with Crippen LogP contribution in [-0.2, 0) is 0 Å². The van der Waals surface area contributed by atoms with Crippen LogP contribution in [0.15, 0.2) is 42.6 Å². The van der Waals surface area contributed by atoms with E-state index in [2.05, 4.69) is 27.1 Å². The van der Waals surface area contributed by atoms with Gasteiger partial charge in [0.2, 0.25) is 5.95 Å². The Morgan fingerprint density at radius 3 is 2.69 bits per heavy atom. The summed E-state index contributed by atoms with van der Waals surface area (Å²) in [5, 5.41) is 3.11. The van der Waals surface area contributed by atoms with Crippen molar-refractivity contribution in [2.75, 3.05) is 5.32 Å². The van der Waals surface area contributed by atoms with Crippen molar-refractivity contribution in [3.8, 4) is 11.8 Å². The van der Waals surface area contributed by atoms with Crippen LogP contribution in [0.4, 0.5) is 11.6 Å². The molecule has 0 saturated carbocycles. The van der Waals surface area contributed by atoms with Crippen LogP contribution in [0.2, 0.25) is 0 Å². The summed E-state index contributed by atoms with van der Waals surface area (Å²) in [4.78, 5) is 8.39. The predicted molar refractivity (Wildman–Crippen MR) is 64.3 cm³/mol. The first-order valence-electron chi connectivity index (χ1n) is 4.96. The van der Waals surface area contributed by atoms with Crippen molar-refractivity contribution < 1.29 is 0 Å². The quantitative estimate of drug-likeness (QED) is 0.772. The van der Waals surface area contributed by atoms with Gasteiger partial charge in [0.05, 0.1) is 0 Å². The number of benzene rings is 1. The van der Waals surface area contributed by atoms with Crippen LogP contribution in [-0.4, -0.2) is 9.97 Å². The summed E-state index contributed by atoms with van der Waals surface area (Å²) < 4.78 is 0. The fourth-order valence-electron chi connectivity index (χ4n) is 1.27. The van der Waals surface area contributed by atoms with Crippen molar-refractivity contribution in [3.63, 3.8) is 0 Å². The number of nitrogens with zero attached hydrogens (tertiary/aromatic N) is 2. The third-order valence-corrected chi connectivity index (χ3v) is 1.94.